The van der Waals surface area contributed by atoms with E-state index in [2.05, 4.69) is 72.1 Å². The average molecular weight is 580 g/mol. The standard InChI is InChI=1S/C30H33N11O2/c1-5-14-39(6-2)25-9-7-8-24(17-25)30(26-15-22(10-12-28(26)42)18-31-40-20(3)33-35-37-40)27-16-23(11-13-29(27)43)19-32-41-21(4)34-36-38-41/h7-13,15-19,30,42-43H,5-6,14H2,1-4H3. The van der Waals surface area contributed by atoms with Crippen LogP contribution in [0.4, 0.5) is 5.69 Å². The maximum Gasteiger partial charge on any atom is 0.173 e. The van der Waals surface area contributed by atoms with Gasteiger partial charge in [0.15, 0.2) is 11.6 Å². The SMILES string of the molecule is CCCN(CC)c1cccc(C(c2cc(C=Nn3nnnc3C)ccc2O)c2cc(C=Nn3nnnc3C)ccc2O)c1. The molecule has 0 amide bonds. The highest BCUT2D eigenvalue weighted by Gasteiger charge is 2.24. The molecule has 5 rings (SSSR count). The van der Waals surface area contributed by atoms with Gasteiger partial charge < -0.3 is 15.1 Å². The first-order valence-electron chi connectivity index (χ1n) is 14.0. The van der Waals surface area contributed by atoms with Crippen LogP contribution in [-0.2, 0) is 0 Å². The molecule has 2 aromatic heterocycles. The number of tetrazole rings is 2. The fourth-order valence-corrected chi connectivity index (χ4v) is 4.85. The van der Waals surface area contributed by atoms with Gasteiger partial charge in [0, 0.05) is 35.8 Å². The van der Waals surface area contributed by atoms with E-state index in [0.717, 1.165) is 41.9 Å². The first-order valence-corrected chi connectivity index (χ1v) is 14.0. The Bertz CT molecular complexity index is 1660. The molecular formula is C30H33N11O2. The minimum atomic E-state index is -0.536. The third kappa shape index (κ3) is 6.56. The van der Waals surface area contributed by atoms with Gasteiger partial charge in [0.1, 0.15) is 11.5 Å². The van der Waals surface area contributed by atoms with Crippen LogP contribution in [0.3, 0.4) is 0 Å². The highest BCUT2D eigenvalue weighted by molar-refractivity contribution is 5.82. The van der Waals surface area contributed by atoms with Gasteiger partial charge in [-0.15, -0.1) is 19.8 Å². The Kier molecular flexibility index (Phi) is 8.79. The number of anilines is 1. The number of aryl methyl sites for hydroxylation is 2. The second kappa shape index (κ2) is 13.0. The smallest absolute Gasteiger partial charge is 0.173 e. The van der Waals surface area contributed by atoms with E-state index in [1.165, 1.54) is 9.58 Å². The van der Waals surface area contributed by atoms with E-state index in [-0.39, 0.29) is 11.5 Å². The summed E-state index contributed by atoms with van der Waals surface area (Å²) in [7, 11) is 0. The molecule has 0 aliphatic carbocycles. The quantitative estimate of drug-likeness (QED) is 0.175. The molecule has 13 nitrogen and oxygen atoms in total. The summed E-state index contributed by atoms with van der Waals surface area (Å²) in [5.74, 6) is 0.701. The minimum Gasteiger partial charge on any atom is -0.508 e. The van der Waals surface area contributed by atoms with Crippen LogP contribution < -0.4 is 4.90 Å². The summed E-state index contributed by atoms with van der Waals surface area (Å²) in [6.45, 7) is 9.54. The third-order valence-corrected chi connectivity index (χ3v) is 7.01. The molecule has 0 bridgehead atoms. The molecule has 0 aliphatic heterocycles. The Labute approximate surface area is 248 Å². The van der Waals surface area contributed by atoms with Crippen LogP contribution in [0.2, 0.25) is 0 Å². The van der Waals surface area contributed by atoms with Crippen LogP contribution in [0.5, 0.6) is 11.5 Å². The number of phenols is 2. The van der Waals surface area contributed by atoms with Crippen LogP contribution in [0.25, 0.3) is 0 Å². The maximum absolute atomic E-state index is 11.2. The van der Waals surface area contributed by atoms with Crippen LogP contribution >= 0.6 is 0 Å². The van der Waals surface area contributed by atoms with Crippen molar-refractivity contribution in [3.05, 3.63) is 100 Å². The number of phenolic OH excluding ortho intramolecular Hbond substituents is 2. The van der Waals surface area contributed by atoms with Crippen molar-refractivity contribution in [1.82, 2.24) is 40.6 Å². The van der Waals surface area contributed by atoms with Crippen molar-refractivity contribution < 1.29 is 10.2 Å². The van der Waals surface area contributed by atoms with Gasteiger partial charge in [0.2, 0.25) is 0 Å². The van der Waals surface area contributed by atoms with Crippen molar-refractivity contribution in [1.29, 1.82) is 0 Å². The first-order chi connectivity index (χ1) is 20.9. The molecule has 0 unspecified atom stereocenters. The molecule has 0 fully saturated rings. The highest BCUT2D eigenvalue weighted by atomic mass is 16.3. The molecule has 13 heteroatoms. The van der Waals surface area contributed by atoms with Crippen LogP contribution in [0.15, 0.2) is 70.9 Å². The lowest BCUT2D eigenvalue weighted by molar-refractivity contribution is 0.458. The van der Waals surface area contributed by atoms with Crippen molar-refractivity contribution in [3.8, 4) is 11.5 Å². The van der Waals surface area contributed by atoms with Crippen LogP contribution in [-0.4, -0.2) is 76.4 Å². The molecule has 43 heavy (non-hydrogen) atoms. The van der Waals surface area contributed by atoms with Gasteiger partial charge in [-0.05, 0) is 113 Å². The Morgan fingerprint density at radius 3 is 1.81 bits per heavy atom. The van der Waals surface area contributed by atoms with E-state index >= 15 is 0 Å². The van der Waals surface area contributed by atoms with E-state index in [1.807, 2.05) is 24.3 Å². The summed E-state index contributed by atoms with van der Waals surface area (Å²) in [4.78, 5) is 4.94. The van der Waals surface area contributed by atoms with E-state index in [9.17, 15) is 10.2 Å². The zero-order valence-electron chi connectivity index (χ0n) is 24.4. The lowest BCUT2D eigenvalue weighted by Crippen LogP contribution is -2.23. The largest absolute Gasteiger partial charge is 0.508 e. The molecule has 2 heterocycles. The summed E-state index contributed by atoms with van der Waals surface area (Å²) >= 11 is 0. The number of aromatic hydroxyl groups is 2. The zero-order chi connectivity index (χ0) is 30.3. The van der Waals surface area contributed by atoms with Gasteiger partial charge in [0.25, 0.3) is 0 Å². The zero-order valence-corrected chi connectivity index (χ0v) is 24.4. The predicted molar refractivity (Wildman–Crippen MR) is 163 cm³/mol. The predicted octanol–water partition coefficient (Wildman–Crippen LogP) is 3.87. The molecule has 0 radical (unpaired) electrons. The van der Waals surface area contributed by atoms with Crippen molar-refractivity contribution in [3.63, 3.8) is 0 Å². The topological polar surface area (TPSA) is 156 Å². The lowest BCUT2D eigenvalue weighted by Gasteiger charge is -2.26. The minimum absolute atomic E-state index is 0.0786. The summed E-state index contributed by atoms with van der Waals surface area (Å²) in [5.41, 5.74) is 4.58. The van der Waals surface area contributed by atoms with Crippen molar-refractivity contribution in [2.24, 2.45) is 10.2 Å². The summed E-state index contributed by atoms with van der Waals surface area (Å²) < 4.78 is 0. The lowest BCUT2D eigenvalue weighted by atomic mass is 9.82. The van der Waals surface area contributed by atoms with Crippen molar-refractivity contribution in [2.45, 2.75) is 40.0 Å². The van der Waals surface area contributed by atoms with Crippen LogP contribution in [0, 0.1) is 13.8 Å². The van der Waals surface area contributed by atoms with Gasteiger partial charge in [-0.2, -0.15) is 10.2 Å². The summed E-state index contributed by atoms with van der Waals surface area (Å²) in [6, 6.07) is 18.7. The van der Waals surface area contributed by atoms with E-state index in [1.54, 1.807) is 50.5 Å². The van der Waals surface area contributed by atoms with Gasteiger partial charge in [-0.3, -0.25) is 0 Å². The molecule has 5 aromatic rings. The number of benzene rings is 3. The Morgan fingerprint density at radius 2 is 1.35 bits per heavy atom. The fraction of sp³-hybridized carbons (Fsp3) is 0.267. The number of hydrogen-bond donors (Lipinski definition) is 2. The molecule has 0 atom stereocenters. The van der Waals surface area contributed by atoms with Crippen molar-refractivity contribution >= 4 is 18.1 Å². The monoisotopic (exact) mass is 579 g/mol. The van der Waals surface area contributed by atoms with Gasteiger partial charge >= 0.3 is 0 Å². The number of nitrogens with zero attached hydrogens (tertiary/aromatic N) is 11. The summed E-state index contributed by atoms with van der Waals surface area (Å²) in [6.07, 6.45) is 4.25. The molecule has 3 aromatic carbocycles. The average Bonchev–Trinajstić information content (AvgIpc) is 3.63. The Balaban J connectivity index is 1.64. The molecule has 0 saturated carbocycles. The van der Waals surface area contributed by atoms with E-state index < -0.39 is 5.92 Å². The van der Waals surface area contributed by atoms with Gasteiger partial charge in [-0.25, -0.2) is 0 Å². The third-order valence-electron chi connectivity index (χ3n) is 7.01. The maximum atomic E-state index is 11.2. The molecule has 2 N–H and O–H groups in total. The number of aromatic nitrogens is 8. The highest BCUT2D eigenvalue weighted by Crippen LogP contribution is 2.42. The molecule has 0 spiro atoms. The Hall–Kier alpha value is -5.46. The molecule has 220 valence electrons. The Morgan fingerprint density at radius 1 is 0.791 bits per heavy atom. The molecular weight excluding hydrogens is 546 g/mol. The normalized spacial score (nSPS) is 12.4. The number of rotatable bonds is 11. The van der Waals surface area contributed by atoms with Gasteiger partial charge in [0.05, 0.1) is 12.4 Å². The fourth-order valence-electron chi connectivity index (χ4n) is 4.85. The second-order valence-corrected chi connectivity index (χ2v) is 9.96. The summed E-state index contributed by atoms with van der Waals surface area (Å²) in [5, 5.41) is 53.8. The number of hydrogen-bond acceptors (Lipinski definition) is 11. The molecule has 0 saturated heterocycles. The van der Waals surface area contributed by atoms with E-state index in [0.29, 0.717) is 22.8 Å². The second-order valence-electron chi connectivity index (χ2n) is 9.96. The first kappa shape index (κ1) is 29.0. The van der Waals surface area contributed by atoms with Crippen molar-refractivity contribution in [2.75, 3.05) is 18.0 Å². The van der Waals surface area contributed by atoms with Gasteiger partial charge in [-0.1, -0.05) is 19.1 Å². The molecule has 0 aliphatic rings. The van der Waals surface area contributed by atoms with Crippen LogP contribution in [0.1, 0.15) is 65.7 Å². The van der Waals surface area contributed by atoms with E-state index in [4.69, 9.17) is 0 Å².